The van der Waals surface area contributed by atoms with Gasteiger partial charge in [0.2, 0.25) is 13.3 Å². The third-order valence-electron chi connectivity index (χ3n) is 7.58. The Balaban J connectivity index is 1.73. The van der Waals surface area contributed by atoms with Crippen LogP contribution in [0.25, 0.3) is 0 Å². The summed E-state index contributed by atoms with van der Waals surface area (Å²) in [5, 5.41) is 5.97. The maximum Gasteiger partial charge on any atom is 0.253 e. The standard InChI is InChI=1S/C32H46N3O5P/c1-4-19-35(20-5-2)32(38)27-16-12-15-26(21-27)31(37)34-29(25-13-8-6-9-14-25)23-41(39,40)22-24(3)30(36)33-28-17-10-7-11-18-28/h6,8-9,12-16,21,24,28-29H,4-5,7,10-11,17-20,22-23H2,1-3H3,(H,33,36)(H,34,37)(H,39,40)/t24?,29-/m1/s1. The zero-order valence-corrected chi connectivity index (χ0v) is 25.6. The van der Waals surface area contributed by atoms with Gasteiger partial charge in [0.15, 0.2) is 0 Å². The van der Waals surface area contributed by atoms with Crippen LogP contribution in [0.5, 0.6) is 0 Å². The van der Waals surface area contributed by atoms with E-state index < -0.39 is 25.2 Å². The first-order valence-corrected chi connectivity index (χ1v) is 17.0. The minimum atomic E-state index is -3.82. The van der Waals surface area contributed by atoms with Crippen LogP contribution in [-0.4, -0.2) is 59.0 Å². The number of carbonyl (C=O) groups excluding carboxylic acids is 3. The summed E-state index contributed by atoms with van der Waals surface area (Å²) in [4.78, 5) is 52.1. The van der Waals surface area contributed by atoms with Gasteiger partial charge >= 0.3 is 0 Å². The van der Waals surface area contributed by atoms with E-state index in [1.807, 2.05) is 32.0 Å². The van der Waals surface area contributed by atoms with Gasteiger partial charge in [-0.2, -0.15) is 0 Å². The molecule has 1 fully saturated rings. The molecule has 2 aromatic carbocycles. The molecule has 9 heteroatoms. The van der Waals surface area contributed by atoms with E-state index >= 15 is 0 Å². The summed E-state index contributed by atoms with van der Waals surface area (Å²) >= 11 is 0. The topological polar surface area (TPSA) is 116 Å². The van der Waals surface area contributed by atoms with Crippen molar-refractivity contribution >= 4 is 25.1 Å². The molecule has 3 rings (SSSR count). The number of nitrogens with zero attached hydrogens (tertiary/aromatic N) is 1. The molecule has 0 spiro atoms. The fraction of sp³-hybridized carbons (Fsp3) is 0.531. The summed E-state index contributed by atoms with van der Waals surface area (Å²) in [7, 11) is -3.82. The minimum absolute atomic E-state index is 0.122. The van der Waals surface area contributed by atoms with Gasteiger partial charge < -0.3 is 20.4 Å². The van der Waals surface area contributed by atoms with Crippen molar-refractivity contribution in [3.05, 3.63) is 71.3 Å². The fourth-order valence-electron chi connectivity index (χ4n) is 5.45. The van der Waals surface area contributed by atoms with Gasteiger partial charge in [0.25, 0.3) is 11.8 Å². The van der Waals surface area contributed by atoms with Crippen LogP contribution >= 0.6 is 7.37 Å². The zero-order valence-electron chi connectivity index (χ0n) is 24.7. The lowest BCUT2D eigenvalue weighted by Crippen LogP contribution is -2.40. The van der Waals surface area contributed by atoms with E-state index in [1.165, 1.54) is 6.42 Å². The number of amides is 3. The van der Waals surface area contributed by atoms with E-state index in [0.29, 0.717) is 29.8 Å². The van der Waals surface area contributed by atoms with Crippen LogP contribution in [-0.2, 0) is 9.36 Å². The monoisotopic (exact) mass is 583 g/mol. The quantitative estimate of drug-likeness (QED) is 0.244. The van der Waals surface area contributed by atoms with E-state index in [0.717, 1.165) is 38.5 Å². The predicted molar refractivity (Wildman–Crippen MR) is 163 cm³/mol. The van der Waals surface area contributed by atoms with Crippen molar-refractivity contribution in [3.63, 3.8) is 0 Å². The highest BCUT2D eigenvalue weighted by Gasteiger charge is 2.31. The molecule has 0 radical (unpaired) electrons. The second-order valence-corrected chi connectivity index (χ2v) is 13.7. The molecular weight excluding hydrogens is 537 g/mol. The van der Waals surface area contributed by atoms with Gasteiger partial charge in [0.05, 0.1) is 6.04 Å². The van der Waals surface area contributed by atoms with Crippen molar-refractivity contribution < 1.29 is 23.8 Å². The van der Waals surface area contributed by atoms with E-state index in [-0.39, 0.29) is 30.2 Å². The third kappa shape index (κ3) is 10.1. The van der Waals surface area contributed by atoms with E-state index in [2.05, 4.69) is 10.6 Å². The Morgan fingerprint density at radius 1 is 0.927 bits per heavy atom. The maximum atomic E-state index is 13.4. The zero-order chi connectivity index (χ0) is 29.8. The Morgan fingerprint density at radius 3 is 2.20 bits per heavy atom. The van der Waals surface area contributed by atoms with Gasteiger partial charge in [0, 0.05) is 48.5 Å². The lowest BCUT2D eigenvalue weighted by Gasteiger charge is -2.26. The second kappa shape index (κ2) is 15.9. The van der Waals surface area contributed by atoms with Gasteiger partial charge in [-0.05, 0) is 49.4 Å². The average Bonchev–Trinajstić information content (AvgIpc) is 2.97. The van der Waals surface area contributed by atoms with Crippen LogP contribution in [0, 0.1) is 5.92 Å². The summed E-state index contributed by atoms with van der Waals surface area (Å²) in [5.74, 6) is -1.39. The second-order valence-electron chi connectivity index (χ2n) is 11.3. The predicted octanol–water partition coefficient (Wildman–Crippen LogP) is 5.78. The highest BCUT2D eigenvalue weighted by atomic mass is 31.2. The number of nitrogens with one attached hydrogen (secondary N) is 2. The van der Waals surface area contributed by atoms with E-state index in [9.17, 15) is 23.8 Å². The summed E-state index contributed by atoms with van der Waals surface area (Å²) in [6, 6.07) is 15.0. The molecule has 3 atom stereocenters. The number of benzene rings is 2. The smallest absolute Gasteiger partial charge is 0.253 e. The SMILES string of the molecule is CCCN(CCC)C(=O)c1cccc(C(=O)N[C@H](CP(=O)(O)CC(C)C(=O)NC2CCCCC2)c2ccccc2)c1. The lowest BCUT2D eigenvalue weighted by atomic mass is 9.95. The Morgan fingerprint density at radius 2 is 1.56 bits per heavy atom. The Labute approximate surface area is 244 Å². The molecule has 224 valence electrons. The molecule has 0 aromatic heterocycles. The molecule has 2 aromatic rings. The molecule has 3 amide bonds. The van der Waals surface area contributed by atoms with E-state index in [1.54, 1.807) is 48.2 Å². The molecule has 1 aliphatic carbocycles. The largest absolute Gasteiger partial charge is 0.353 e. The van der Waals surface area contributed by atoms with Crippen LogP contribution < -0.4 is 10.6 Å². The lowest BCUT2D eigenvalue weighted by molar-refractivity contribution is -0.124. The van der Waals surface area contributed by atoms with Crippen LogP contribution in [0.3, 0.4) is 0 Å². The normalized spacial score (nSPS) is 16.7. The van der Waals surface area contributed by atoms with Crippen molar-refractivity contribution in [2.24, 2.45) is 5.92 Å². The van der Waals surface area contributed by atoms with Gasteiger partial charge in [-0.15, -0.1) is 0 Å². The van der Waals surface area contributed by atoms with Crippen LogP contribution in [0.1, 0.15) is 98.0 Å². The van der Waals surface area contributed by atoms with Crippen LogP contribution in [0.15, 0.2) is 54.6 Å². The number of rotatable bonds is 14. The van der Waals surface area contributed by atoms with Crippen LogP contribution in [0.2, 0.25) is 0 Å². The molecule has 2 unspecified atom stereocenters. The summed E-state index contributed by atoms with van der Waals surface area (Å²) in [6.07, 6.45) is 6.55. The highest BCUT2D eigenvalue weighted by Crippen LogP contribution is 2.46. The molecule has 41 heavy (non-hydrogen) atoms. The first kappa shape index (κ1) is 32.6. The molecule has 1 saturated carbocycles. The summed E-state index contributed by atoms with van der Waals surface area (Å²) in [5.41, 5.74) is 1.43. The fourth-order valence-corrected chi connectivity index (χ4v) is 7.50. The number of hydrogen-bond acceptors (Lipinski definition) is 4. The van der Waals surface area contributed by atoms with Crippen molar-refractivity contribution in [1.29, 1.82) is 0 Å². The average molecular weight is 584 g/mol. The van der Waals surface area contributed by atoms with Crippen molar-refractivity contribution in [1.82, 2.24) is 15.5 Å². The van der Waals surface area contributed by atoms with E-state index in [4.69, 9.17) is 0 Å². The Hall–Kier alpha value is -2.96. The Kier molecular flexibility index (Phi) is 12.6. The molecule has 0 aliphatic heterocycles. The summed E-state index contributed by atoms with van der Waals surface area (Å²) in [6.45, 7) is 7.00. The maximum absolute atomic E-state index is 13.4. The molecule has 0 saturated heterocycles. The number of carbonyl (C=O) groups is 3. The first-order valence-electron chi connectivity index (χ1n) is 15.0. The van der Waals surface area contributed by atoms with Gasteiger partial charge in [-0.3, -0.25) is 18.9 Å². The minimum Gasteiger partial charge on any atom is -0.353 e. The molecule has 8 nitrogen and oxygen atoms in total. The molecule has 0 heterocycles. The number of hydrogen-bond donors (Lipinski definition) is 3. The van der Waals surface area contributed by atoms with Gasteiger partial charge in [-0.25, -0.2) is 0 Å². The van der Waals surface area contributed by atoms with Gasteiger partial charge in [-0.1, -0.05) is 76.4 Å². The molecule has 3 N–H and O–H groups in total. The molecule has 1 aliphatic rings. The molecular formula is C32H46N3O5P. The third-order valence-corrected chi connectivity index (χ3v) is 9.63. The van der Waals surface area contributed by atoms with Gasteiger partial charge in [0.1, 0.15) is 0 Å². The van der Waals surface area contributed by atoms with Crippen molar-refractivity contribution in [2.75, 3.05) is 25.4 Å². The van der Waals surface area contributed by atoms with Crippen molar-refractivity contribution in [2.45, 2.75) is 77.8 Å². The first-order chi connectivity index (χ1) is 19.6. The Bertz CT molecular complexity index is 1190. The highest BCUT2D eigenvalue weighted by molar-refractivity contribution is 7.58. The van der Waals surface area contributed by atoms with Crippen LogP contribution in [0.4, 0.5) is 0 Å². The molecule has 0 bridgehead atoms. The summed E-state index contributed by atoms with van der Waals surface area (Å²) < 4.78 is 13.4. The van der Waals surface area contributed by atoms with Crippen molar-refractivity contribution in [3.8, 4) is 0 Å².